The van der Waals surface area contributed by atoms with E-state index < -0.39 is 21.6 Å². The molecule has 0 fully saturated rings. The zero-order valence-electron chi connectivity index (χ0n) is 10.2. The van der Waals surface area contributed by atoms with Gasteiger partial charge in [-0.1, -0.05) is 0 Å². The van der Waals surface area contributed by atoms with Gasteiger partial charge in [-0.25, -0.2) is 17.9 Å². The van der Waals surface area contributed by atoms with Crippen LogP contribution in [-0.2, 0) is 10.0 Å². The van der Waals surface area contributed by atoms with Gasteiger partial charge in [-0.05, 0) is 31.7 Å². The Morgan fingerprint density at radius 1 is 1.50 bits per heavy atom. The molecule has 1 aromatic rings. The molecule has 0 saturated carbocycles. The normalized spacial score (nSPS) is 12.7. The van der Waals surface area contributed by atoms with Crippen LogP contribution in [0.3, 0.4) is 0 Å². The van der Waals surface area contributed by atoms with Gasteiger partial charge in [-0.15, -0.1) is 11.3 Å². The van der Waals surface area contributed by atoms with E-state index in [-0.39, 0.29) is 16.3 Å². The number of aliphatic hydroxyl groups is 1. The molecule has 0 radical (unpaired) electrons. The van der Waals surface area contributed by atoms with Gasteiger partial charge in [0.15, 0.2) is 0 Å². The van der Waals surface area contributed by atoms with E-state index >= 15 is 0 Å². The lowest BCUT2D eigenvalue weighted by atomic mass is 10.1. The molecular formula is C10H15NO5S2. The fourth-order valence-electron chi connectivity index (χ4n) is 1.26. The zero-order chi connectivity index (χ0) is 14.1. The highest BCUT2D eigenvalue weighted by molar-refractivity contribution is 7.89. The second-order valence-corrected chi connectivity index (χ2v) is 7.10. The summed E-state index contributed by atoms with van der Waals surface area (Å²) in [6.45, 7) is 4.24. The number of nitrogens with one attached hydrogen (secondary N) is 1. The van der Waals surface area contributed by atoms with E-state index in [9.17, 15) is 18.3 Å². The molecule has 0 spiro atoms. The van der Waals surface area contributed by atoms with Crippen LogP contribution in [0.25, 0.3) is 0 Å². The first kappa shape index (κ1) is 15.1. The van der Waals surface area contributed by atoms with Crippen molar-refractivity contribution < 1.29 is 23.4 Å². The third-order valence-electron chi connectivity index (χ3n) is 2.08. The summed E-state index contributed by atoms with van der Waals surface area (Å²) in [5.41, 5.74) is -0.832. The molecule has 102 valence electrons. The van der Waals surface area contributed by atoms with E-state index in [0.717, 1.165) is 11.3 Å². The van der Waals surface area contributed by atoms with E-state index in [1.165, 1.54) is 26.2 Å². The number of aryl methyl sites for hydroxylation is 1. The first-order valence-corrected chi connectivity index (χ1v) is 7.44. The number of hydrogen-bond donors (Lipinski definition) is 3. The van der Waals surface area contributed by atoms with Gasteiger partial charge in [-0.2, -0.15) is 0 Å². The van der Waals surface area contributed by atoms with E-state index in [1.807, 2.05) is 0 Å². The van der Waals surface area contributed by atoms with Gasteiger partial charge in [0.05, 0.1) is 5.60 Å². The minimum Gasteiger partial charge on any atom is -0.477 e. The minimum atomic E-state index is -3.94. The Balaban J connectivity index is 3.13. The Labute approximate surface area is 109 Å². The molecule has 0 atom stereocenters. The highest BCUT2D eigenvalue weighted by atomic mass is 32.2. The smallest absolute Gasteiger partial charge is 0.347 e. The molecule has 18 heavy (non-hydrogen) atoms. The molecule has 0 aliphatic heterocycles. The Hall–Kier alpha value is -0.960. The SMILES string of the molecule is Cc1csc(C(=O)O)c1S(=O)(=O)NCC(C)(C)O. The van der Waals surface area contributed by atoms with E-state index in [1.54, 1.807) is 0 Å². The summed E-state index contributed by atoms with van der Waals surface area (Å²) in [5, 5.41) is 19.9. The first-order valence-electron chi connectivity index (χ1n) is 5.08. The van der Waals surface area contributed by atoms with Crippen LogP contribution >= 0.6 is 11.3 Å². The predicted octanol–water partition coefficient (Wildman–Crippen LogP) is 0.804. The van der Waals surface area contributed by atoms with Gasteiger partial charge in [0.1, 0.15) is 9.77 Å². The molecule has 0 unspecified atom stereocenters. The summed E-state index contributed by atoms with van der Waals surface area (Å²) in [7, 11) is -3.94. The van der Waals surface area contributed by atoms with Crippen molar-refractivity contribution in [3.8, 4) is 0 Å². The van der Waals surface area contributed by atoms with Crippen LogP contribution in [0, 0.1) is 6.92 Å². The lowest BCUT2D eigenvalue weighted by Crippen LogP contribution is -2.38. The average Bonchev–Trinajstić information content (AvgIpc) is 2.57. The fraction of sp³-hybridized carbons (Fsp3) is 0.500. The molecule has 1 aromatic heterocycles. The second-order valence-electron chi connectivity index (χ2n) is 4.52. The van der Waals surface area contributed by atoms with Crippen LogP contribution in [0.1, 0.15) is 29.1 Å². The Morgan fingerprint density at radius 3 is 2.50 bits per heavy atom. The van der Waals surface area contributed by atoms with Crippen LogP contribution < -0.4 is 4.72 Å². The Kier molecular flexibility index (Phi) is 4.16. The maximum absolute atomic E-state index is 12.0. The van der Waals surface area contributed by atoms with Gasteiger partial charge in [-0.3, -0.25) is 0 Å². The zero-order valence-corrected chi connectivity index (χ0v) is 11.9. The lowest BCUT2D eigenvalue weighted by Gasteiger charge is -2.17. The van der Waals surface area contributed by atoms with Gasteiger partial charge in [0, 0.05) is 6.54 Å². The van der Waals surface area contributed by atoms with Crippen LogP contribution in [0.15, 0.2) is 10.3 Å². The number of thiophene rings is 1. The fourth-order valence-corrected chi connectivity index (χ4v) is 4.09. The van der Waals surface area contributed by atoms with Gasteiger partial charge in [0.2, 0.25) is 10.0 Å². The van der Waals surface area contributed by atoms with Crippen molar-refractivity contribution in [2.24, 2.45) is 0 Å². The molecule has 8 heteroatoms. The summed E-state index contributed by atoms with van der Waals surface area (Å²) in [6, 6.07) is 0. The maximum atomic E-state index is 12.0. The van der Waals surface area contributed by atoms with Gasteiger partial charge in [0.25, 0.3) is 0 Å². The molecule has 0 saturated heterocycles. The van der Waals surface area contributed by atoms with Crippen LogP contribution in [-0.4, -0.2) is 36.7 Å². The van der Waals surface area contributed by atoms with Crippen LogP contribution in [0.5, 0.6) is 0 Å². The van der Waals surface area contributed by atoms with Crippen LogP contribution in [0.4, 0.5) is 0 Å². The molecule has 0 aliphatic rings. The summed E-state index contributed by atoms with van der Waals surface area (Å²) in [5.74, 6) is -1.28. The average molecular weight is 293 g/mol. The maximum Gasteiger partial charge on any atom is 0.347 e. The molecule has 0 amide bonds. The monoisotopic (exact) mass is 293 g/mol. The summed E-state index contributed by atoms with van der Waals surface area (Å²) in [6.07, 6.45) is 0. The number of aromatic carboxylic acids is 1. The van der Waals surface area contributed by atoms with E-state index in [2.05, 4.69) is 4.72 Å². The molecule has 0 aliphatic carbocycles. The largest absolute Gasteiger partial charge is 0.477 e. The summed E-state index contributed by atoms with van der Waals surface area (Å²) >= 11 is 0.863. The van der Waals surface area contributed by atoms with Gasteiger partial charge >= 0.3 is 5.97 Å². The van der Waals surface area contributed by atoms with Crippen molar-refractivity contribution >= 4 is 27.3 Å². The molecule has 0 bridgehead atoms. The highest BCUT2D eigenvalue weighted by Gasteiger charge is 2.28. The first-order chi connectivity index (χ1) is 8.04. The predicted molar refractivity (Wildman–Crippen MR) is 67.5 cm³/mol. The summed E-state index contributed by atoms with van der Waals surface area (Å²) < 4.78 is 26.2. The summed E-state index contributed by atoms with van der Waals surface area (Å²) in [4.78, 5) is 10.5. The van der Waals surface area contributed by atoms with Crippen molar-refractivity contribution in [3.63, 3.8) is 0 Å². The standard InChI is InChI=1S/C10H15NO5S2/c1-6-4-17-7(9(12)13)8(6)18(15,16)11-5-10(2,3)14/h4,11,14H,5H2,1-3H3,(H,12,13). The van der Waals surface area contributed by atoms with Crippen molar-refractivity contribution in [1.82, 2.24) is 4.72 Å². The highest BCUT2D eigenvalue weighted by Crippen LogP contribution is 2.26. The third kappa shape index (κ3) is 3.52. The quantitative estimate of drug-likeness (QED) is 0.745. The van der Waals surface area contributed by atoms with E-state index in [0.29, 0.717) is 5.56 Å². The number of carboxylic acid groups (broad SMARTS) is 1. The topological polar surface area (TPSA) is 104 Å². The molecular weight excluding hydrogens is 278 g/mol. The van der Waals surface area contributed by atoms with Crippen molar-refractivity contribution in [2.75, 3.05) is 6.54 Å². The van der Waals surface area contributed by atoms with E-state index in [4.69, 9.17) is 5.11 Å². The van der Waals surface area contributed by atoms with Crippen LogP contribution in [0.2, 0.25) is 0 Å². The number of carboxylic acids is 1. The minimum absolute atomic E-state index is 0.191. The van der Waals surface area contributed by atoms with Crippen molar-refractivity contribution in [3.05, 3.63) is 15.8 Å². The molecule has 1 heterocycles. The number of carbonyl (C=O) groups is 1. The van der Waals surface area contributed by atoms with Crippen molar-refractivity contribution in [1.29, 1.82) is 0 Å². The molecule has 0 aromatic carbocycles. The third-order valence-corrected chi connectivity index (χ3v) is 4.88. The molecule has 3 N–H and O–H groups in total. The number of hydrogen-bond acceptors (Lipinski definition) is 5. The molecule has 1 rings (SSSR count). The lowest BCUT2D eigenvalue weighted by molar-refractivity contribution is 0.0698. The van der Waals surface area contributed by atoms with Gasteiger partial charge < -0.3 is 10.2 Å². The Bertz CT molecular complexity index is 553. The second kappa shape index (κ2) is 4.96. The Morgan fingerprint density at radius 2 is 2.06 bits per heavy atom. The van der Waals surface area contributed by atoms with Crippen molar-refractivity contribution in [2.45, 2.75) is 31.3 Å². The molecule has 6 nitrogen and oxygen atoms in total. The number of rotatable bonds is 5. The number of sulfonamides is 1.